The van der Waals surface area contributed by atoms with Crippen LogP contribution in [0.4, 0.5) is 4.39 Å². The molecule has 1 aromatic heterocycles. The number of hydrogen-bond acceptors (Lipinski definition) is 2. The van der Waals surface area contributed by atoms with E-state index in [1.807, 2.05) is 0 Å². The molecule has 2 aromatic rings. The van der Waals surface area contributed by atoms with Crippen molar-refractivity contribution in [2.24, 2.45) is 0 Å². The van der Waals surface area contributed by atoms with Crippen LogP contribution in [0.3, 0.4) is 0 Å². The minimum Gasteiger partial charge on any atom is -0.461 e. The quantitative estimate of drug-likeness (QED) is 0.830. The monoisotopic (exact) mass is 252 g/mol. The Labute approximate surface area is 103 Å². The van der Waals surface area contributed by atoms with E-state index < -0.39 is 5.82 Å². The first-order valence-electron chi connectivity index (χ1n) is 5.10. The van der Waals surface area contributed by atoms with Crippen molar-refractivity contribution in [2.45, 2.75) is 13.3 Å². The molecule has 1 heterocycles. The molecule has 0 aliphatic heterocycles. The number of rotatable bonds is 3. The number of carbonyl (C=O) groups is 1. The van der Waals surface area contributed by atoms with Crippen LogP contribution in [0, 0.1) is 5.82 Å². The lowest BCUT2D eigenvalue weighted by Gasteiger charge is -2.00. The van der Waals surface area contributed by atoms with Gasteiger partial charge in [-0.15, -0.1) is 0 Å². The molecular formula is C13H10ClFO2. The van der Waals surface area contributed by atoms with Crippen LogP contribution in [0.2, 0.25) is 5.02 Å². The van der Waals surface area contributed by atoms with Gasteiger partial charge in [0.1, 0.15) is 23.1 Å². The number of furan rings is 1. The van der Waals surface area contributed by atoms with Crippen molar-refractivity contribution in [2.75, 3.05) is 0 Å². The molecule has 0 fully saturated rings. The Morgan fingerprint density at radius 2 is 2.12 bits per heavy atom. The molecule has 0 atom stereocenters. The van der Waals surface area contributed by atoms with Crippen LogP contribution in [-0.4, -0.2) is 5.78 Å². The fourth-order valence-electron chi connectivity index (χ4n) is 1.55. The maximum absolute atomic E-state index is 13.5. The van der Waals surface area contributed by atoms with Gasteiger partial charge in [0, 0.05) is 5.02 Å². The largest absolute Gasteiger partial charge is 0.461 e. The molecule has 0 bridgehead atoms. The zero-order chi connectivity index (χ0) is 12.4. The van der Waals surface area contributed by atoms with E-state index in [2.05, 4.69) is 0 Å². The highest BCUT2D eigenvalue weighted by Crippen LogP contribution is 2.27. The molecule has 88 valence electrons. The number of hydrogen-bond donors (Lipinski definition) is 0. The van der Waals surface area contributed by atoms with Gasteiger partial charge in [-0.3, -0.25) is 4.79 Å². The summed E-state index contributed by atoms with van der Waals surface area (Å²) >= 11 is 5.80. The van der Waals surface area contributed by atoms with Crippen LogP contribution < -0.4 is 0 Å². The van der Waals surface area contributed by atoms with Crippen LogP contribution in [0.15, 0.2) is 34.7 Å². The predicted octanol–water partition coefficient (Wildman–Crippen LogP) is 3.87. The summed E-state index contributed by atoms with van der Waals surface area (Å²) in [4.78, 5) is 10.9. The molecule has 0 N–H and O–H groups in total. The first kappa shape index (κ1) is 11.9. The van der Waals surface area contributed by atoms with Gasteiger partial charge in [0.05, 0.1) is 12.0 Å². The third-order valence-electron chi connectivity index (χ3n) is 2.28. The average molecular weight is 253 g/mol. The molecule has 4 heteroatoms. The SMILES string of the molecule is CC(=O)Cc1ccc(-c2cc(Cl)ccc2F)o1. The summed E-state index contributed by atoms with van der Waals surface area (Å²) in [5.74, 6) is 0.490. The van der Waals surface area contributed by atoms with Gasteiger partial charge < -0.3 is 4.42 Å². The molecule has 0 aliphatic carbocycles. The smallest absolute Gasteiger partial charge is 0.137 e. The highest BCUT2D eigenvalue weighted by atomic mass is 35.5. The second-order valence-corrected chi connectivity index (χ2v) is 4.21. The van der Waals surface area contributed by atoms with E-state index >= 15 is 0 Å². The average Bonchev–Trinajstić information content (AvgIpc) is 2.69. The van der Waals surface area contributed by atoms with Gasteiger partial charge in [0.25, 0.3) is 0 Å². The third-order valence-corrected chi connectivity index (χ3v) is 2.51. The zero-order valence-electron chi connectivity index (χ0n) is 9.17. The lowest BCUT2D eigenvalue weighted by molar-refractivity contribution is -0.116. The molecule has 2 nitrogen and oxygen atoms in total. The van der Waals surface area contributed by atoms with Crippen molar-refractivity contribution in [3.63, 3.8) is 0 Å². The van der Waals surface area contributed by atoms with E-state index in [4.69, 9.17) is 16.0 Å². The van der Waals surface area contributed by atoms with Crippen molar-refractivity contribution < 1.29 is 13.6 Å². The molecule has 0 saturated carbocycles. The lowest BCUT2D eigenvalue weighted by atomic mass is 10.1. The summed E-state index contributed by atoms with van der Waals surface area (Å²) in [7, 11) is 0. The molecule has 2 rings (SSSR count). The van der Waals surface area contributed by atoms with Crippen LogP contribution in [0.5, 0.6) is 0 Å². The molecule has 0 aliphatic rings. The number of benzene rings is 1. The van der Waals surface area contributed by atoms with Crippen LogP contribution in [0.25, 0.3) is 11.3 Å². The molecule has 0 unspecified atom stereocenters. The number of halogens is 2. The summed E-state index contributed by atoms with van der Waals surface area (Å²) in [6, 6.07) is 7.54. The Hall–Kier alpha value is -1.61. The van der Waals surface area contributed by atoms with Crippen molar-refractivity contribution >= 4 is 17.4 Å². The number of Topliss-reactive ketones (excluding diaryl/α,β-unsaturated/α-hetero) is 1. The molecule has 0 saturated heterocycles. The highest BCUT2D eigenvalue weighted by molar-refractivity contribution is 6.30. The second-order valence-electron chi connectivity index (χ2n) is 3.77. The van der Waals surface area contributed by atoms with Crippen molar-refractivity contribution in [3.8, 4) is 11.3 Å². The maximum atomic E-state index is 13.5. The summed E-state index contributed by atoms with van der Waals surface area (Å²) in [5.41, 5.74) is 0.298. The fourth-order valence-corrected chi connectivity index (χ4v) is 1.72. The van der Waals surface area contributed by atoms with E-state index in [0.717, 1.165) is 0 Å². The maximum Gasteiger partial charge on any atom is 0.137 e. The summed E-state index contributed by atoms with van der Waals surface area (Å²) < 4.78 is 18.9. The first-order valence-corrected chi connectivity index (χ1v) is 5.47. The molecule has 0 spiro atoms. The van der Waals surface area contributed by atoms with Gasteiger partial charge in [0.2, 0.25) is 0 Å². The third kappa shape index (κ3) is 2.74. The van der Waals surface area contributed by atoms with Crippen molar-refractivity contribution in [3.05, 3.63) is 46.9 Å². The molecule has 0 radical (unpaired) electrons. The van der Waals surface area contributed by atoms with Gasteiger partial charge in [0.15, 0.2) is 0 Å². The Morgan fingerprint density at radius 3 is 2.82 bits per heavy atom. The number of carbonyl (C=O) groups excluding carboxylic acids is 1. The lowest BCUT2D eigenvalue weighted by Crippen LogP contribution is -1.93. The van der Waals surface area contributed by atoms with E-state index in [1.54, 1.807) is 12.1 Å². The summed E-state index contributed by atoms with van der Waals surface area (Å²) in [6.45, 7) is 1.47. The molecule has 1 aromatic carbocycles. The molecule has 17 heavy (non-hydrogen) atoms. The number of ketones is 1. The molecular weight excluding hydrogens is 243 g/mol. The normalized spacial score (nSPS) is 10.5. The van der Waals surface area contributed by atoms with Gasteiger partial charge in [-0.1, -0.05) is 11.6 Å². The highest BCUT2D eigenvalue weighted by Gasteiger charge is 2.11. The van der Waals surface area contributed by atoms with E-state index in [1.165, 1.54) is 25.1 Å². The van der Waals surface area contributed by atoms with Crippen LogP contribution >= 0.6 is 11.6 Å². The topological polar surface area (TPSA) is 30.2 Å². The van der Waals surface area contributed by atoms with Crippen molar-refractivity contribution in [1.82, 2.24) is 0 Å². The predicted molar refractivity (Wildman–Crippen MR) is 63.5 cm³/mol. The Morgan fingerprint density at radius 1 is 1.35 bits per heavy atom. The van der Waals surface area contributed by atoms with Gasteiger partial charge in [-0.05, 0) is 37.3 Å². The van der Waals surface area contributed by atoms with Gasteiger partial charge in [-0.25, -0.2) is 4.39 Å². The Bertz CT molecular complexity index is 560. The van der Waals surface area contributed by atoms with E-state index in [9.17, 15) is 9.18 Å². The fraction of sp³-hybridized carbons (Fsp3) is 0.154. The van der Waals surface area contributed by atoms with Crippen molar-refractivity contribution in [1.29, 1.82) is 0 Å². The Balaban J connectivity index is 2.36. The van der Waals surface area contributed by atoms with E-state index in [-0.39, 0.29) is 12.2 Å². The van der Waals surface area contributed by atoms with Crippen LogP contribution in [0.1, 0.15) is 12.7 Å². The van der Waals surface area contributed by atoms with Crippen LogP contribution in [-0.2, 0) is 11.2 Å². The van der Waals surface area contributed by atoms with Gasteiger partial charge in [-0.2, -0.15) is 0 Å². The van der Waals surface area contributed by atoms with E-state index in [0.29, 0.717) is 22.1 Å². The first-order chi connectivity index (χ1) is 8.06. The Kier molecular flexibility index (Phi) is 3.29. The minimum absolute atomic E-state index is 0.00235. The van der Waals surface area contributed by atoms with Gasteiger partial charge >= 0.3 is 0 Å². The zero-order valence-corrected chi connectivity index (χ0v) is 9.92. The minimum atomic E-state index is -0.405. The summed E-state index contributed by atoms with van der Waals surface area (Å²) in [5, 5.41) is 0.436. The molecule has 0 amide bonds. The second kappa shape index (κ2) is 4.72. The summed E-state index contributed by atoms with van der Waals surface area (Å²) in [6.07, 6.45) is 0.211. The standard InChI is InChI=1S/C13H10ClFO2/c1-8(16)6-10-3-5-13(17-10)11-7-9(14)2-4-12(11)15/h2-5,7H,6H2,1H3.